The van der Waals surface area contributed by atoms with Crippen LogP contribution in [-0.2, 0) is 9.59 Å². The van der Waals surface area contributed by atoms with Crippen LogP contribution in [0.15, 0.2) is 59.7 Å². The minimum absolute atomic E-state index is 0.0590. The number of hydrogen-bond acceptors (Lipinski definition) is 5. The number of benzene rings is 2. The van der Waals surface area contributed by atoms with E-state index in [2.05, 4.69) is 20.2 Å². The summed E-state index contributed by atoms with van der Waals surface area (Å²) < 4.78 is 14.0. The fourth-order valence-corrected chi connectivity index (χ4v) is 4.20. The van der Waals surface area contributed by atoms with Gasteiger partial charge in [0.2, 0.25) is 11.8 Å². The zero-order valence-electron chi connectivity index (χ0n) is 18.8. The van der Waals surface area contributed by atoms with Gasteiger partial charge in [0, 0.05) is 45.6 Å². The van der Waals surface area contributed by atoms with Gasteiger partial charge in [0.1, 0.15) is 12.4 Å². The third-order valence-corrected chi connectivity index (χ3v) is 6.04. The predicted molar refractivity (Wildman–Crippen MR) is 127 cm³/mol. The molecule has 0 aromatic heterocycles. The number of carbonyl (C=O) groups is 2. The maximum atomic E-state index is 14.0. The minimum Gasteiger partial charge on any atom is -0.367 e. The number of hydrogen-bond donors (Lipinski definition) is 1. The van der Waals surface area contributed by atoms with Gasteiger partial charge in [-0.25, -0.2) is 9.40 Å². The first-order chi connectivity index (χ1) is 16.1. The van der Waals surface area contributed by atoms with Crippen LogP contribution in [0.5, 0.6) is 0 Å². The molecule has 2 amide bonds. The smallest absolute Gasteiger partial charge is 0.243 e. The fourth-order valence-electron chi connectivity index (χ4n) is 4.20. The second-order valence-electron chi connectivity index (χ2n) is 8.35. The molecule has 2 aliphatic rings. The van der Waals surface area contributed by atoms with E-state index in [1.165, 1.54) is 11.1 Å². The van der Waals surface area contributed by atoms with Crippen molar-refractivity contribution in [2.24, 2.45) is 5.10 Å². The molecule has 0 aliphatic carbocycles. The molecule has 2 heterocycles. The zero-order valence-corrected chi connectivity index (χ0v) is 18.8. The molecule has 0 bridgehead atoms. The van der Waals surface area contributed by atoms with Crippen LogP contribution in [0.4, 0.5) is 10.1 Å². The summed E-state index contributed by atoms with van der Waals surface area (Å²) in [6.07, 6.45) is 1.77. The molecule has 0 unspecified atom stereocenters. The van der Waals surface area contributed by atoms with Crippen molar-refractivity contribution in [1.29, 1.82) is 0 Å². The predicted octanol–water partition coefficient (Wildman–Crippen LogP) is 2.48. The lowest BCUT2D eigenvalue weighted by molar-refractivity contribution is -0.136. The van der Waals surface area contributed by atoms with E-state index in [1.807, 2.05) is 42.5 Å². The molecule has 0 saturated carbocycles. The summed E-state index contributed by atoms with van der Waals surface area (Å²) in [6.45, 7) is 4.64. The summed E-state index contributed by atoms with van der Waals surface area (Å²) in [4.78, 5) is 29.0. The second kappa shape index (κ2) is 11.0. The SMILES string of the molecule is O=C(CN1N=C(c2ccccc2)CCC1=O)NCCCN1CCN(c2ccccc2F)CC1. The molecule has 0 radical (unpaired) electrons. The normalized spacial score (nSPS) is 17.1. The Morgan fingerprint density at radius 3 is 2.45 bits per heavy atom. The van der Waals surface area contributed by atoms with E-state index < -0.39 is 0 Å². The number of rotatable bonds is 8. The van der Waals surface area contributed by atoms with Crippen molar-refractivity contribution in [1.82, 2.24) is 15.2 Å². The molecule has 8 heteroatoms. The second-order valence-corrected chi connectivity index (χ2v) is 8.35. The van der Waals surface area contributed by atoms with Gasteiger partial charge in [-0.05, 0) is 30.7 Å². The topological polar surface area (TPSA) is 68.2 Å². The van der Waals surface area contributed by atoms with Gasteiger partial charge in [0.05, 0.1) is 11.4 Å². The van der Waals surface area contributed by atoms with Crippen molar-refractivity contribution in [3.63, 3.8) is 0 Å². The Balaban J connectivity index is 1.17. The number of piperazine rings is 1. The lowest BCUT2D eigenvalue weighted by Gasteiger charge is -2.36. The highest BCUT2D eigenvalue weighted by molar-refractivity contribution is 6.04. The van der Waals surface area contributed by atoms with Gasteiger partial charge in [0.25, 0.3) is 0 Å². The molecular formula is C25H30FN5O2. The van der Waals surface area contributed by atoms with Crippen LogP contribution in [0.25, 0.3) is 0 Å². The highest BCUT2D eigenvalue weighted by Crippen LogP contribution is 2.20. The molecule has 33 heavy (non-hydrogen) atoms. The number of nitrogens with zero attached hydrogens (tertiary/aromatic N) is 4. The summed E-state index contributed by atoms with van der Waals surface area (Å²) in [5.41, 5.74) is 2.47. The molecule has 0 spiro atoms. The van der Waals surface area contributed by atoms with E-state index in [9.17, 15) is 14.0 Å². The van der Waals surface area contributed by atoms with Gasteiger partial charge in [-0.1, -0.05) is 42.5 Å². The number of hydrazone groups is 1. The Bertz CT molecular complexity index is 989. The lowest BCUT2D eigenvalue weighted by atomic mass is 10.0. The highest BCUT2D eigenvalue weighted by Gasteiger charge is 2.23. The Morgan fingerprint density at radius 1 is 0.970 bits per heavy atom. The van der Waals surface area contributed by atoms with Crippen molar-refractivity contribution in [2.45, 2.75) is 19.3 Å². The van der Waals surface area contributed by atoms with Gasteiger partial charge in [-0.15, -0.1) is 0 Å². The molecule has 4 rings (SSSR count). The Labute approximate surface area is 193 Å². The largest absolute Gasteiger partial charge is 0.367 e. The zero-order chi connectivity index (χ0) is 23.0. The van der Waals surface area contributed by atoms with Gasteiger partial charge in [0.15, 0.2) is 0 Å². The van der Waals surface area contributed by atoms with E-state index >= 15 is 0 Å². The summed E-state index contributed by atoms with van der Waals surface area (Å²) >= 11 is 0. The van der Waals surface area contributed by atoms with Gasteiger partial charge < -0.3 is 10.2 Å². The first-order valence-corrected chi connectivity index (χ1v) is 11.5. The molecule has 0 atom stereocenters. The van der Waals surface area contributed by atoms with Crippen molar-refractivity contribution < 1.29 is 14.0 Å². The molecular weight excluding hydrogens is 421 g/mol. The molecule has 2 aromatic rings. The maximum Gasteiger partial charge on any atom is 0.243 e. The summed E-state index contributed by atoms with van der Waals surface area (Å²) in [6, 6.07) is 16.6. The number of halogens is 1. The minimum atomic E-state index is -0.203. The standard InChI is InChI=1S/C25H30FN5O2/c26-21-9-4-5-10-23(21)30-17-15-29(16-18-30)14-6-13-27-24(32)19-31-25(33)12-11-22(28-31)20-7-2-1-3-8-20/h1-5,7-10H,6,11-19H2,(H,27,32). The van der Waals surface area contributed by atoms with Crippen LogP contribution >= 0.6 is 0 Å². The van der Waals surface area contributed by atoms with Crippen LogP contribution in [0, 0.1) is 5.82 Å². The number of amides is 2. The Morgan fingerprint density at radius 2 is 1.70 bits per heavy atom. The quantitative estimate of drug-likeness (QED) is 0.627. The number of anilines is 1. The lowest BCUT2D eigenvalue weighted by Crippen LogP contribution is -2.47. The van der Waals surface area contributed by atoms with E-state index in [4.69, 9.17) is 0 Å². The number of nitrogens with one attached hydrogen (secondary N) is 1. The average molecular weight is 452 g/mol. The Hall–Kier alpha value is -3.26. The van der Waals surface area contributed by atoms with E-state index in [0.717, 1.165) is 50.4 Å². The monoisotopic (exact) mass is 451 g/mol. The molecule has 1 saturated heterocycles. The van der Waals surface area contributed by atoms with Crippen molar-refractivity contribution in [3.8, 4) is 0 Å². The Kier molecular flexibility index (Phi) is 7.67. The summed E-state index contributed by atoms with van der Waals surface area (Å²) in [5.74, 6) is -0.510. The van der Waals surface area contributed by atoms with Gasteiger partial charge >= 0.3 is 0 Å². The molecule has 2 aliphatic heterocycles. The van der Waals surface area contributed by atoms with E-state index in [1.54, 1.807) is 6.07 Å². The van der Waals surface area contributed by atoms with Crippen molar-refractivity contribution >= 4 is 23.2 Å². The molecule has 7 nitrogen and oxygen atoms in total. The van der Waals surface area contributed by atoms with Crippen molar-refractivity contribution in [2.75, 3.05) is 50.7 Å². The van der Waals surface area contributed by atoms with Crippen molar-refractivity contribution in [3.05, 3.63) is 66.0 Å². The van der Waals surface area contributed by atoms with Gasteiger partial charge in [-0.3, -0.25) is 14.5 Å². The maximum absolute atomic E-state index is 14.0. The third kappa shape index (κ3) is 6.16. The van der Waals surface area contributed by atoms with Crippen LogP contribution in [-0.4, -0.2) is 73.2 Å². The number of carbonyl (C=O) groups excluding carboxylic acids is 2. The molecule has 1 fully saturated rings. The van der Waals surface area contributed by atoms with Crippen LogP contribution in [0.1, 0.15) is 24.8 Å². The fraction of sp³-hybridized carbons (Fsp3) is 0.400. The van der Waals surface area contributed by atoms with E-state index in [0.29, 0.717) is 25.1 Å². The molecule has 174 valence electrons. The summed E-state index contributed by atoms with van der Waals surface area (Å²) in [5, 5.41) is 8.59. The van der Waals surface area contributed by atoms with Gasteiger partial charge in [-0.2, -0.15) is 5.10 Å². The molecule has 1 N–H and O–H groups in total. The van der Waals surface area contributed by atoms with Crippen LogP contribution in [0.3, 0.4) is 0 Å². The van der Waals surface area contributed by atoms with Crippen LogP contribution < -0.4 is 10.2 Å². The number of para-hydroxylation sites is 1. The molecule has 2 aromatic carbocycles. The first kappa shape index (κ1) is 22.9. The highest BCUT2D eigenvalue weighted by atomic mass is 19.1. The van der Waals surface area contributed by atoms with E-state index in [-0.39, 0.29) is 24.2 Å². The summed E-state index contributed by atoms with van der Waals surface area (Å²) in [7, 11) is 0. The average Bonchev–Trinajstić information content (AvgIpc) is 2.84. The third-order valence-electron chi connectivity index (χ3n) is 6.04. The first-order valence-electron chi connectivity index (χ1n) is 11.5. The van der Waals surface area contributed by atoms with Crippen LogP contribution in [0.2, 0.25) is 0 Å².